The van der Waals surface area contributed by atoms with Crippen molar-refractivity contribution in [3.63, 3.8) is 0 Å². The molecule has 0 aliphatic heterocycles. The van der Waals surface area contributed by atoms with Crippen LogP contribution in [0.1, 0.15) is 28.4 Å². The number of aromatic nitrogens is 1. The van der Waals surface area contributed by atoms with Crippen LogP contribution in [0.4, 0.5) is 4.39 Å². The molecule has 3 aromatic rings. The average molecular weight is 388 g/mol. The monoisotopic (exact) mass is 387 g/mol. The molecule has 0 aliphatic carbocycles. The number of pyridine rings is 1. The molecule has 0 atom stereocenters. The summed E-state index contributed by atoms with van der Waals surface area (Å²) in [6.45, 7) is 1.50. The summed E-state index contributed by atoms with van der Waals surface area (Å²) in [5, 5.41) is 0.872. The largest absolute Gasteiger partial charge is 0.494 e. The molecule has 0 radical (unpaired) electrons. The Kier molecular flexibility index (Phi) is 4.62. The summed E-state index contributed by atoms with van der Waals surface area (Å²) in [7, 11) is 1.53. The highest BCUT2D eigenvalue weighted by Gasteiger charge is 2.16. The lowest BCUT2D eigenvalue weighted by atomic mass is 10.0. The van der Waals surface area contributed by atoms with Gasteiger partial charge in [-0.05, 0) is 48.7 Å². The van der Waals surface area contributed by atoms with Gasteiger partial charge in [0.25, 0.3) is 0 Å². The minimum Gasteiger partial charge on any atom is -0.494 e. The maximum atomic E-state index is 13.0. The standard InChI is InChI=1S/C19H15BrFNO2/c1-11(23)15-9-17(20)16-8-13(10-22-18(16)19(15)24-2)7-12-3-5-14(21)6-4-12/h3-6,8-10H,7H2,1-2H3. The highest BCUT2D eigenvalue weighted by molar-refractivity contribution is 9.10. The van der Waals surface area contributed by atoms with Crippen LogP contribution in [-0.2, 0) is 6.42 Å². The second-order valence-electron chi connectivity index (χ2n) is 5.54. The Morgan fingerprint density at radius 3 is 2.54 bits per heavy atom. The molecule has 0 amide bonds. The molecule has 5 heteroatoms. The molecule has 0 unspecified atom stereocenters. The fourth-order valence-corrected chi connectivity index (χ4v) is 3.20. The van der Waals surface area contributed by atoms with Crippen LogP contribution in [0.25, 0.3) is 10.9 Å². The van der Waals surface area contributed by atoms with Crippen molar-refractivity contribution < 1.29 is 13.9 Å². The van der Waals surface area contributed by atoms with Crippen molar-refractivity contribution in [2.45, 2.75) is 13.3 Å². The molecule has 0 spiro atoms. The molecular weight excluding hydrogens is 373 g/mol. The average Bonchev–Trinajstić information content (AvgIpc) is 2.57. The number of carbonyl (C=O) groups excluding carboxylic acids is 1. The maximum absolute atomic E-state index is 13.0. The number of carbonyl (C=O) groups is 1. The smallest absolute Gasteiger partial charge is 0.163 e. The van der Waals surface area contributed by atoms with Crippen LogP contribution < -0.4 is 4.74 Å². The van der Waals surface area contributed by atoms with Gasteiger partial charge in [-0.1, -0.05) is 28.1 Å². The predicted octanol–water partition coefficient (Wildman–Crippen LogP) is 4.94. The third-order valence-corrected chi connectivity index (χ3v) is 4.49. The Bertz CT molecular complexity index is 923. The number of Topliss-reactive ketones (excluding diaryl/α,β-unsaturated/α-hetero) is 1. The molecule has 3 nitrogen and oxygen atoms in total. The second kappa shape index (κ2) is 6.69. The normalized spacial score (nSPS) is 10.8. The fraction of sp³-hybridized carbons (Fsp3) is 0.158. The fourth-order valence-electron chi connectivity index (χ4n) is 2.67. The van der Waals surface area contributed by atoms with E-state index in [4.69, 9.17) is 4.74 Å². The first kappa shape index (κ1) is 16.6. The molecule has 0 saturated heterocycles. The number of ketones is 1. The quantitative estimate of drug-likeness (QED) is 0.595. The lowest BCUT2D eigenvalue weighted by Crippen LogP contribution is -2.01. The molecule has 24 heavy (non-hydrogen) atoms. The molecular formula is C19H15BrFNO2. The van der Waals surface area contributed by atoms with Crippen molar-refractivity contribution in [2.24, 2.45) is 0 Å². The summed E-state index contributed by atoms with van der Waals surface area (Å²) in [5.41, 5.74) is 3.13. The van der Waals surface area contributed by atoms with E-state index in [-0.39, 0.29) is 11.6 Å². The van der Waals surface area contributed by atoms with Crippen LogP contribution in [0.2, 0.25) is 0 Å². The molecule has 1 heterocycles. The number of halogens is 2. The number of methoxy groups -OCH3 is 1. The van der Waals surface area contributed by atoms with Gasteiger partial charge in [0, 0.05) is 16.1 Å². The van der Waals surface area contributed by atoms with Crippen molar-refractivity contribution in [1.82, 2.24) is 4.98 Å². The molecule has 0 fully saturated rings. The first-order valence-corrected chi connectivity index (χ1v) is 8.19. The lowest BCUT2D eigenvalue weighted by Gasteiger charge is -2.12. The van der Waals surface area contributed by atoms with Crippen LogP contribution >= 0.6 is 15.9 Å². The summed E-state index contributed by atoms with van der Waals surface area (Å²) < 4.78 is 19.2. The molecule has 0 aliphatic rings. The third-order valence-electron chi connectivity index (χ3n) is 3.84. The zero-order valence-corrected chi connectivity index (χ0v) is 14.9. The van der Waals surface area contributed by atoms with Gasteiger partial charge >= 0.3 is 0 Å². The molecule has 3 rings (SSSR count). The van der Waals surface area contributed by atoms with Gasteiger partial charge in [-0.3, -0.25) is 9.78 Å². The number of fused-ring (bicyclic) bond motifs is 1. The van der Waals surface area contributed by atoms with E-state index in [1.54, 1.807) is 24.4 Å². The number of hydrogen-bond donors (Lipinski definition) is 0. The highest BCUT2D eigenvalue weighted by atomic mass is 79.9. The minimum absolute atomic E-state index is 0.0772. The zero-order valence-electron chi connectivity index (χ0n) is 13.3. The Labute approximate surface area is 147 Å². The maximum Gasteiger partial charge on any atom is 0.163 e. The van der Waals surface area contributed by atoms with Gasteiger partial charge in [0.15, 0.2) is 11.5 Å². The van der Waals surface area contributed by atoms with E-state index in [9.17, 15) is 9.18 Å². The second-order valence-corrected chi connectivity index (χ2v) is 6.39. The van der Waals surface area contributed by atoms with Crippen molar-refractivity contribution in [3.05, 3.63) is 69.6 Å². The van der Waals surface area contributed by atoms with E-state index >= 15 is 0 Å². The Hall–Kier alpha value is -2.27. The molecule has 1 aromatic heterocycles. The lowest BCUT2D eigenvalue weighted by molar-refractivity contribution is 0.101. The predicted molar refractivity (Wildman–Crippen MR) is 95.2 cm³/mol. The third kappa shape index (κ3) is 3.17. The van der Waals surface area contributed by atoms with E-state index < -0.39 is 0 Å². The summed E-state index contributed by atoms with van der Waals surface area (Å²) in [6, 6.07) is 10.2. The van der Waals surface area contributed by atoms with Gasteiger partial charge in [0.1, 0.15) is 11.3 Å². The van der Waals surface area contributed by atoms with Crippen LogP contribution in [0.3, 0.4) is 0 Å². The molecule has 2 aromatic carbocycles. The number of ether oxygens (including phenoxy) is 1. The summed E-state index contributed by atoms with van der Waals surface area (Å²) in [5.74, 6) is 0.153. The van der Waals surface area contributed by atoms with Gasteiger partial charge in [-0.15, -0.1) is 0 Å². The Morgan fingerprint density at radius 1 is 1.21 bits per heavy atom. The first-order valence-electron chi connectivity index (χ1n) is 7.40. The summed E-state index contributed by atoms with van der Waals surface area (Å²) in [6.07, 6.45) is 2.40. The van der Waals surface area contributed by atoms with E-state index in [0.717, 1.165) is 21.0 Å². The van der Waals surface area contributed by atoms with Gasteiger partial charge < -0.3 is 4.74 Å². The van der Waals surface area contributed by atoms with Gasteiger partial charge in [-0.25, -0.2) is 4.39 Å². The van der Waals surface area contributed by atoms with Crippen molar-refractivity contribution >= 4 is 32.6 Å². The summed E-state index contributed by atoms with van der Waals surface area (Å²) in [4.78, 5) is 16.3. The van der Waals surface area contributed by atoms with Crippen LogP contribution in [0, 0.1) is 5.82 Å². The van der Waals surface area contributed by atoms with Crippen LogP contribution in [-0.4, -0.2) is 17.9 Å². The van der Waals surface area contributed by atoms with Gasteiger partial charge in [0.2, 0.25) is 0 Å². The number of hydrogen-bond acceptors (Lipinski definition) is 3. The molecule has 0 saturated carbocycles. The van der Waals surface area contributed by atoms with E-state index in [2.05, 4.69) is 20.9 Å². The van der Waals surface area contributed by atoms with E-state index in [1.807, 2.05) is 6.07 Å². The first-order chi connectivity index (χ1) is 11.5. The summed E-state index contributed by atoms with van der Waals surface area (Å²) >= 11 is 3.51. The SMILES string of the molecule is COc1c(C(C)=O)cc(Br)c2cc(Cc3ccc(F)cc3)cnc12. The zero-order chi connectivity index (χ0) is 17.3. The van der Waals surface area contributed by atoms with Crippen LogP contribution in [0.5, 0.6) is 5.75 Å². The van der Waals surface area contributed by atoms with Crippen molar-refractivity contribution in [2.75, 3.05) is 7.11 Å². The highest BCUT2D eigenvalue weighted by Crippen LogP contribution is 2.35. The van der Waals surface area contributed by atoms with E-state index in [0.29, 0.717) is 23.3 Å². The van der Waals surface area contributed by atoms with Crippen molar-refractivity contribution in [1.29, 1.82) is 0 Å². The number of nitrogens with zero attached hydrogens (tertiary/aromatic N) is 1. The van der Waals surface area contributed by atoms with Gasteiger partial charge in [0.05, 0.1) is 12.7 Å². The number of benzene rings is 2. The Balaban J connectivity index is 2.08. The van der Waals surface area contributed by atoms with Crippen molar-refractivity contribution in [3.8, 4) is 5.75 Å². The van der Waals surface area contributed by atoms with Gasteiger partial charge in [-0.2, -0.15) is 0 Å². The minimum atomic E-state index is -0.250. The molecule has 122 valence electrons. The topological polar surface area (TPSA) is 39.2 Å². The molecule has 0 N–H and O–H groups in total. The number of rotatable bonds is 4. The van der Waals surface area contributed by atoms with E-state index in [1.165, 1.54) is 26.2 Å². The Morgan fingerprint density at radius 2 is 1.92 bits per heavy atom. The van der Waals surface area contributed by atoms with Crippen LogP contribution in [0.15, 0.2) is 47.1 Å². The molecule has 0 bridgehead atoms.